The van der Waals surface area contributed by atoms with Crippen molar-refractivity contribution in [3.8, 4) is 40.4 Å². The minimum absolute atomic E-state index is 0.000215. The van der Waals surface area contributed by atoms with Crippen LogP contribution in [0.2, 0.25) is 16.6 Å². The van der Waals surface area contributed by atoms with E-state index in [1.165, 1.54) is 156 Å². The summed E-state index contributed by atoms with van der Waals surface area (Å²) in [6, 6.07) is 35.2. The lowest BCUT2D eigenvalue weighted by molar-refractivity contribution is 0.0679. The number of benzene rings is 7. The van der Waals surface area contributed by atoms with Crippen molar-refractivity contribution in [3.63, 3.8) is 0 Å². The number of ketones is 1. The molecule has 5 aliphatic rings. The van der Waals surface area contributed by atoms with Crippen molar-refractivity contribution in [1.29, 1.82) is 0 Å². The van der Waals surface area contributed by atoms with E-state index in [0.717, 1.165) is 17.2 Å². The van der Waals surface area contributed by atoms with E-state index in [1.807, 2.05) is 0 Å². The Hall–Kier alpha value is -12.7. The molecular formula is C95H98Cl2F4N12O20S4Si. The second-order valence-corrected chi connectivity index (χ2v) is 47.5. The number of hydrogen-bond donors (Lipinski definition) is 3. The average Bonchev–Trinajstić information content (AvgIpc) is 1.51. The van der Waals surface area contributed by atoms with E-state index in [4.69, 9.17) is 44.4 Å². The molecule has 12 aromatic rings. The smallest absolute Gasteiger partial charge is 0.384 e. The molecule has 1 saturated carbocycles. The van der Waals surface area contributed by atoms with Crippen LogP contribution in [0.15, 0.2) is 177 Å². The first-order valence-corrected chi connectivity index (χ1v) is 51.4. The molecule has 2 aliphatic carbocycles. The third-order valence-electron chi connectivity index (χ3n) is 24.2. The number of phenols is 2. The zero-order valence-corrected chi connectivity index (χ0v) is 83.2. The fourth-order valence-corrected chi connectivity index (χ4v) is 24.6. The molecule has 5 aromatic heterocycles. The number of fused-ring (bicyclic) bond motifs is 9. The van der Waals surface area contributed by atoms with Crippen LogP contribution in [0.4, 0.5) is 17.6 Å². The Morgan fingerprint density at radius 1 is 0.471 bits per heavy atom. The summed E-state index contributed by atoms with van der Waals surface area (Å²) in [6.07, 6.45) is 7.00. The first-order chi connectivity index (χ1) is 64.9. The second-order valence-electron chi connectivity index (χ2n) is 34.4. The molecule has 3 aliphatic heterocycles. The van der Waals surface area contributed by atoms with Crippen LogP contribution in [-0.2, 0) is 77.1 Å². The highest BCUT2D eigenvalue weighted by atomic mass is 35.5. The quantitative estimate of drug-likeness (QED) is 0.0272. The molecule has 0 saturated heterocycles. The third kappa shape index (κ3) is 19.5. The Morgan fingerprint density at radius 2 is 0.862 bits per heavy atom. The fourth-order valence-electron chi connectivity index (χ4n) is 17.2. The van der Waals surface area contributed by atoms with Gasteiger partial charge < -0.3 is 55.7 Å². The first-order valence-electron chi connectivity index (χ1n) is 42.7. The number of amides is 3. The van der Waals surface area contributed by atoms with Crippen LogP contribution in [0.1, 0.15) is 159 Å². The van der Waals surface area contributed by atoms with Gasteiger partial charge in [0.1, 0.15) is 51.3 Å². The topological polar surface area (TPSA) is 391 Å². The maximum absolute atomic E-state index is 14.3. The van der Waals surface area contributed by atoms with Crippen LogP contribution in [0, 0.1) is 23.3 Å². The summed E-state index contributed by atoms with van der Waals surface area (Å²) in [6.45, 7) is 23.2. The van der Waals surface area contributed by atoms with Crippen molar-refractivity contribution in [2.45, 2.75) is 116 Å². The van der Waals surface area contributed by atoms with Crippen molar-refractivity contribution < 1.29 is 107 Å². The number of rotatable bonds is 25. The largest absolute Gasteiger partial charge is 0.541 e. The van der Waals surface area contributed by atoms with Crippen LogP contribution in [0.3, 0.4) is 0 Å². The number of aromatic nitrogens is 5. The van der Waals surface area contributed by atoms with Crippen LogP contribution in [0.5, 0.6) is 40.4 Å². The van der Waals surface area contributed by atoms with Gasteiger partial charge in [-0.2, -0.15) is 50.9 Å². The highest BCUT2D eigenvalue weighted by Crippen LogP contribution is 2.63. The van der Waals surface area contributed by atoms with Gasteiger partial charge in [-0.15, -0.1) is 23.2 Å². The Morgan fingerprint density at radius 3 is 1.32 bits per heavy atom. The fraction of sp³-hybridized carbons (Fsp3) is 0.284. The SMILES string of the molecule is C=C1c2c(c(O[Si](C(C)C)(C(C)C)C(C)C)c3ncccc3c2OS(=O)(=O)N(C)C)C(=O)N1Cc1ccc(F)cc1.C=c1c2c(c(O)n1Cc1ccc(F)cc1)C(=O)c1ncccc1C=2OS(=O)(=O)N(C)C.CC1c2c(c(O)c3ncccc3c2OS(=O)(=O)N(C)C)C(=O)N1Cc1ccc(F)cc1.CN(C)S(=O)(=O)Oc1c2c(c(O)c3ncccc13)C(=O)N(Cc1ccc(F)cc1)C21CC1.ClCCl. The van der Waals surface area contributed by atoms with Gasteiger partial charge in [0.25, 0.3) is 26.0 Å². The number of nitrogens with zero attached hydrogens (tertiary/aromatic N) is 12. The van der Waals surface area contributed by atoms with Gasteiger partial charge in [-0.1, -0.05) is 103 Å². The number of hydrogen-bond acceptors (Lipinski definition) is 24. The second kappa shape index (κ2) is 40.0. The van der Waals surface area contributed by atoms with Gasteiger partial charge in [0.15, 0.2) is 34.5 Å². The number of phenolic OH excluding ortho intramolecular Hbond substituents is 2. The molecule has 0 radical (unpaired) electrons. The zero-order chi connectivity index (χ0) is 101. The van der Waals surface area contributed by atoms with E-state index in [9.17, 15) is 85.7 Å². The van der Waals surface area contributed by atoms with E-state index in [2.05, 4.69) is 74.6 Å². The number of halogens is 6. The van der Waals surface area contributed by atoms with E-state index in [0.29, 0.717) is 62.7 Å². The number of aromatic hydroxyl groups is 3. The monoisotopic (exact) mass is 2030 g/mol. The van der Waals surface area contributed by atoms with E-state index in [-0.39, 0.29) is 166 Å². The first kappa shape index (κ1) is 103. The zero-order valence-electron chi connectivity index (χ0n) is 77.4. The lowest BCUT2D eigenvalue weighted by Gasteiger charge is -2.42. The normalized spacial score (nSPS) is 14.9. The van der Waals surface area contributed by atoms with Crippen molar-refractivity contribution in [2.24, 2.45) is 0 Å². The van der Waals surface area contributed by atoms with Crippen LogP contribution in [0.25, 0.3) is 50.7 Å². The standard InChI is InChI=1S/C30H38FN3O5SSi.C22H20FN3O5S.C21H20FN3O5S.C21H18FN3O5S.CH2Cl2/c1-18(2)41(19(3)4,20(5)6)39-29-26-25(21(7)34(30(26)35)17-22-12-14-23(31)15-13-22)28(38-40(36,37)33(8)9)24-11-10-16-32-27(24)29;1-25(2)32(29,30)31-20-15-4-3-11-24-18(15)19(27)16-17(20)22(9-10-22)26(21(16)28)12-13-5-7-14(23)8-6-13;2*1-12-16-17(21(27)25(12)11-13-6-8-14(22)9-7-13)19(26)18-15(5-4-10-23-18)20(16)30-31(28,29)24(2)3;2-1-3/h10-16,18-20H,7,17H2,1-6,8-9H3;3-8,11,27H,9-10,12H2,1-2H3;4-10,12,26H,11H2,1-3H3;4-10,27H,1,11H2,2-3H3;1H2. The number of carbonyl (C=O) groups is 4. The molecule has 43 heteroatoms. The summed E-state index contributed by atoms with van der Waals surface area (Å²) in [5.41, 5.74) is 4.20. The number of alkyl halides is 2. The molecule has 3 amide bonds. The van der Waals surface area contributed by atoms with Gasteiger partial charge in [0.2, 0.25) is 11.7 Å². The van der Waals surface area contributed by atoms with E-state index in [1.54, 1.807) is 96.9 Å². The predicted molar refractivity (Wildman–Crippen MR) is 514 cm³/mol. The molecular weight excluding hydrogens is 1930 g/mol. The maximum Gasteiger partial charge on any atom is 0.384 e. The summed E-state index contributed by atoms with van der Waals surface area (Å²) >= 11 is 9.53. The van der Waals surface area contributed by atoms with E-state index < -0.39 is 108 Å². The summed E-state index contributed by atoms with van der Waals surface area (Å²) in [4.78, 5) is 75.5. The average molecular weight is 2030 g/mol. The molecule has 7 aromatic carbocycles. The molecule has 0 bridgehead atoms. The summed E-state index contributed by atoms with van der Waals surface area (Å²) in [5.74, 6) is -4.47. The van der Waals surface area contributed by atoms with Crippen LogP contribution in [-0.4, -0.2) is 199 Å². The third-order valence-corrected chi connectivity index (χ3v) is 35.3. The number of carbonyl (C=O) groups excluding carboxylic acids is 4. The summed E-state index contributed by atoms with van der Waals surface area (Å²) in [5, 5.41) is 34.1. The van der Waals surface area contributed by atoms with Gasteiger partial charge in [-0.3, -0.25) is 39.1 Å². The molecule has 1 atom stereocenters. The molecule has 1 unspecified atom stereocenters. The van der Waals surface area contributed by atoms with Crippen molar-refractivity contribution in [1.82, 2.24) is 56.4 Å². The lowest BCUT2D eigenvalue weighted by atomic mass is 9.96. The van der Waals surface area contributed by atoms with Crippen molar-refractivity contribution >= 4 is 147 Å². The molecule has 138 heavy (non-hydrogen) atoms. The Bertz CT molecular complexity index is 7460. The van der Waals surface area contributed by atoms with Crippen LogP contribution >= 0.6 is 23.2 Å². The summed E-state index contributed by atoms with van der Waals surface area (Å²) < 4.78 is 189. The van der Waals surface area contributed by atoms with Gasteiger partial charge in [0, 0.05) is 138 Å². The molecule has 728 valence electrons. The molecule has 1 spiro atoms. The molecule has 1 fully saturated rings. The van der Waals surface area contributed by atoms with E-state index >= 15 is 0 Å². The van der Waals surface area contributed by atoms with Gasteiger partial charge in [-0.05, 0) is 156 Å². The van der Waals surface area contributed by atoms with Gasteiger partial charge in [-0.25, -0.2) is 17.6 Å². The highest BCUT2D eigenvalue weighted by Gasteiger charge is 2.62. The minimum atomic E-state index is -4.21. The minimum Gasteiger partial charge on any atom is -0.541 e. The molecule has 17 rings (SSSR count). The Balaban J connectivity index is 0.000000155. The lowest BCUT2D eigenvalue weighted by Crippen LogP contribution is -2.51. The Kier molecular flexibility index (Phi) is 29.8. The summed E-state index contributed by atoms with van der Waals surface area (Å²) in [7, 11) is -8.64. The molecule has 32 nitrogen and oxygen atoms in total. The highest BCUT2D eigenvalue weighted by molar-refractivity contribution is 7.85. The molecule has 3 N–H and O–H groups in total. The van der Waals surface area contributed by atoms with Gasteiger partial charge in [0.05, 0.1) is 63.0 Å². The predicted octanol–water partition coefficient (Wildman–Crippen LogP) is 14.8. The molecule has 8 heterocycles. The van der Waals surface area contributed by atoms with Crippen LogP contribution < -0.4 is 27.5 Å². The van der Waals surface area contributed by atoms with Crippen molar-refractivity contribution in [3.05, 3.63) is 283 Å². The Labute approximate surface area is 805 Å². The maximum atomic E-state index is 14.3. The van der Waals surface area contributed by atoms with Gasteiger partial charge >= 0.3 is 41.2 Å². The number of pyridine rings is 4. The van der Waals surface area contributed by atoms with Crippen molar-refractivity contribution in [2.75, 3.05) is 61.7 Å².